The summed E-state index contributed by atoms with van der Waals surface area (Å²) in [6, 6.07) is 75.9. The van der Waals surface area contributed by atoms with Crippen LogP contribution in [0.3, 0.4) is 0 Å². The van der Waals surface area contributed by atoms with E-state index in [0.29, 0.717) is 0 Å². The topological polar surface area (TPSA) is 15.3 Å². The Kier molecular flexibility index (Phi) is 8.69. The standard InChI is InChI=1S/C61H46N2/c1-61(2)57-21-11-9-19-52(57)53-36-34-49(39-58(53)61)63(47-30-25-41(26-31-47)44-24-23-40-13-3-4-15-43(40)37-44)48-32-28-46(29-33-48)62-59-22-12-10-20-54(59)56-38-45-16-6-7-17-50(45)55-35-27-42-14-5-8-18-51(42)60(55)56/h3-38,49,62H,39H2,1-2H3. The van der Waals surface area contributed by atoms with Gasteiger partial charge in [-0.3, -0.25) is 0 Å². The average molecular weight is 807 g/mol. The first-order valence-electron chi connectivity index (χ1n) is 22.2. The van der Waals surface area contributed by atoms with Gasteiger partial charge in [-0.15, -0.1) is 0 Å². The fraction of sp³-hybridized carbons (Fsp3) is 0.0820. The van der Waals surface area contributed by atoms with Crippen LogP contribution in [-0.2, 0) is 5.41 Å². The lowest BCUT2D eigenvalue weighted by Crippen LogP contribution is -2.33. The quantitative estimate of drug-likeness (QED) is 0.161. The molecule has 300 valence electrons. The molecule has 12 rings (SSSR count). The Morgan fingerprint density at radius 1 is 0.476 bits per heavy atom. The summed E-state index contributed by atoms with van der Waals surface area (Å²) in [6.45, 7) is 4.79. The van der Waals surface area contributed by atoms with Crippen LogP contribution in [0.25, 0.3) is 70.9 Å². The van der Waals surface area contributed by atoms with E-state index in [1.54, 1.807) is 0 Å². The van der Waals surface area contributed by atoms with E-state index in [9.17, 15) is 0 Å². The number of benzene rings is 10. The molecule has 2 aliphatic rings. The van der Waals surface area contributed by atoms with Crippen molar-refractivity contribution in [3.63, 3.8) is 0 Å². The van der Waals surface area contributed by atoms with Crippen molar-refractivity contribution in [2.75, 3.05) is 10.2 Å². The van der Waals surface area contributed by atoms with E-state index in [1.807, 2.05) is 0 Å². The average Bonchev–Trinajstić information content (AvgIpc) is 3.57. The Morgan fingerprint density at radius 2 is 1.10 bits per heavy atom. The van der Waals surface area contributed by atoms with E-state index in [1.165, 1.54) is 93.3 Å². The molecule has 0 bridgehead atoms. The van der Waals surface area contributed by atoms with Gasteiger partial charge in [0, 0.05) is 33.7 Å². The second kappa shape index (κ2) is 14.8. The van der Waals surface area contributed by atoms with Gasteiger partial charge in [-0.1, -0.05) is 178 Å². The molecule has 1 N–H and O–H groups in total. The van der Waals surface area contributed by atoms with E-state index in [-0.39, 0.29) is 11.5 Å². The van der Waals surface area contributed by atoms with Crippen molar-refractivity contribution < 1.29 is 0 Å². The molecule has 10 aromatic rings. The highest BCUT2D eigenvalue weighted by molar-refractivity contribution is 6.23. The minimum Gasteiger partial charge on any atom is -0.355 e. The van der Waals surface area contributed by atoms with Crippen LogP contribution in [0.4, 0.5) is 22.7 Å². The third-order valence-corrected chi connectivity index (χ3v) is 13.8. The Labute approximate surface area is 369 Å². The van der Waals surface area contributed by atoms with Gasteiger partial charge in [0.15, 0.2) is 0 Å². The Bertz CT molecular complexity index is 3480. The van der Waals surface area contributed by atoms with E-state index < -0.39 is 0 Å². The number of hydrogen-bond donors (Lipinski definition) is 1. The van der Waals surface area contributed by atoms with Gasteiger partial charge in [0.05, 0.1) is 6.04 Å². The predicted octanol–water partition coefficient (Wildman–Crippen LogP) is 16.6. The van der Waals surface area contributed by atoms with Crippen molar-refractivity contribution in [1.82, 2.24) is 0 Å². The van der Waals surface area contributed by atoms with E-state index in [2.05, 4.69) is 242 Å². The third-order valence-electron chi connectivity index (χ3n) is 13.8. The Morgan fingerprint density at radius 3 is 1.90 bits per heavy atom. The molecule has 0 radical (unpaired) electrons. The van der Waals surface area contributed by atoms with Gasteiger partial charge in [-0.25, -0.2) is 0 Å². The molecule has 2 aliphatic carbocycles. The van der Waals surface area contributed by atoms with Crippen LogP contribution in [0.2, 0.25) is 0 Å². The number of nitrogens with zero attached hydrogens (tertiary/aromatic N) is 1. The Balaban J connectivity index is 0.916. The molecular weight excluding hydrogens is 761 g/mol. The highest BCUT2D eigenvalue weighted by Gasteiger charge is 2.40. The summed E-state index contributed by atoms with van der Waals surface area (Å²) >= 11 is 0. The van der Waals surface area contributed by atoms with Crippen LogP contribution in [0.15, 0.2) is 224 Å². The van der Waals surface area contributed by atoms with Crippen LogP contribution >= 0.6 is 0 Å². The van der Waals surface area contributed by atoms with Crippen LogP contribution < -0.4 is 10.2 Å². The van der Waals surface area contributed by atoms with Gasteiger partial charge in [-0.2, -0.15) is 0 Å². The molecule has 0 spiro atoms. The molecule has 1 unspecified atom stereocenters. The summed E-state index contributed by atoms with van der Waals surface area (Å²) in [5.41, 5.74) is 15.0. The van der Waals surface area contributed by atoms with Crippen LogP contribution in [0.1, 0.15) is 31.4 Å². The van der Waals surface area contributed by atoms with Gasteiger partial charge in [0.1, 0.15) is 0 Å². The molecule has 0 saturated carbocycles. The molecule has 0 amide bonds. The number of anilines is 4. The normalized spacial score (nSPS) is 15.2. The molecule has 2 heteroatoms. The molecule has 2 nitrogen and oxygen atoms in total. The summed E-state index contributed by atoms with van der Waals surface area (Å²) in [6.07, 6.45) is 5.76. The second-order valence-electron chi connectivity index (χ2n) is 17.7. The fourth-order valence-corrected chi connectivity index (χ4v) is 10.6. The Hall–Kier alpha value is -7.68. The lowest BCUT2D eigenvalue weighted by molar-refractivity contribution is 0.585. The van der Waals surface area contributed by atoms with Crippen LogP contribution in [0.5, 0.6) is 0 Å². The highest BCUT2D eigenvalue weighted by atomic mass is 15.2. The number of hydrogen-bond acceptors (Lipinski definition) is 2. The maximum absolute atomic E-state index is 3.87. The van der Waals surface area contributed by atoms with Crippen LogP contribution in [-0.4, -0.2) is 6.04 Å². The minimum absolute atomic E-state index is 0.0373. The van der Waals surface area contributed by atoms with Crippen molar-refractivity contribution in [3.05, 3.63) is 235 Å². The number of fused-ring (bicyclic) bond motifs is 8. The first kappa shape index (κ1) is 37.1. The first-order valence-corrected chi connectivity index (χ1v) is 22.2. The molecule has 0 saturated heterocycles. The zero-order valence-electron chi connectivity index (χ0n) is 35.5. The molecule has 63 heavy (non-hydrogen) atoms. The summed E-state index contributed by atoms with van der Waals surface area (Å²) in [5.74, 6) is 0. The first-order chi connectivity index (χ1) is 31.0. The summed E-state index contributed by atoms with van der Waals surface area (Å²) in [4.78, 5) is 2.54. The number of nitrogens with one attached hydrogen (secondary N) is 1. The minimum atomic E-state index is -0.0373. The maximum atomic E-state index is 3.87. The summed E-state index contributed by atoms with van der Waals surface area (Å²) in [5, 5.41) is 14.0. The van der Waals surface area contributed by atoms with Gasteiger partial charge < -0.3 is 10.2 Å². The van der Waals surface area contributed by atoms with Crippen molar-refractivity contribution in [2.45, 2.75) is 31.7 Å². The number of para-hydroxylation sites is 1. The second-order valence-corrected chi connectivity index (χ2v) is 17.7. The lowest BCUT2D eigenvalue weighted by Gasteiger charge is -2.37. The van der Waals surface area contributed by atoms with Crippen LogP contribution in [0, 0.1) is 0 Å². The van der Waals surface area contributed by atoms with Gasteiger partial charge >= 0.3 is 0 Å². The van der Waals surface area contributed by atoms with Crippen molar-refractivity contribution in [3.8, 4) is 22.3 Å². The maximum Gasteiger partial charge on any atom is 0.0563 e. The van der Waals surface area contributed by atoms with Gasteiger partial charge in [0.25, 0.3) is 0 Å². The molecule has 1 atom stereocenters. The third kappa shape index (κ3) is 6.24. The molecule has 0 aromatic heterocycles. The van der Waals surface area contributed by atoms with Crippen molar-refractivity contribution in [2.24, 2.45) is 0 Å². The number of rotatable bonds is 7. The van der Waals surface area contributed by atoms with Crippen molar-refractivity contribution >= 4 is 71.4 Å². The zero-order chi connectivity index (χ0) is 42.1. The van der Waals surface area contributed by atoms with E-state index in [4.69, 9.17) is 0 Å². The van der Waals surface area contributed by atoms with Gasteiger partial charge in [-0.05, 0) is 143 Å². The predicted molar refractivity (Wildman–Crippen MR) is 270 cm³/mol. The summed E-state index contributed by atoms with van der Waals surface area (Å²) < 4.78 is 0. The zero-order valence-corrected chi connectivity index (χ0v) is 35.5. The molecule has 10 aromatic carbocycles. The highest BCUT2D eigenvalue weighted by Crippen LogP contribution is 2.51. The smallest absolute Gasteiger partial charge is 0.0563 e. The fourth-order valence-electron chi connectivity index (χ4n) is 10.6. The molecule has 0 fully saturated rings. The van der Waals surface area contributed by atoms with Crippen molar-refractivity contribution in [1.29, 1.82) is 0 Å². The SMILES string of the molecule is CC1(C)C2=C(C=CC(N(c3ccc(Nc4ccccc4-c4cc5ccccc5c5ccc6ccccc6c45)cc3)c3ccc(-c4ccc5ccccc5c4)cc3)C2)c2ccccc21. The van der Waals surface area contributed by atoms with E-state index in [0.717, 1.165) is 23.5 Å². The molecule has 0 heterocycles. The van der Waals surface area contributed by atoms with Gasteiger partial charge in [0.2, 0.25) is 0 Å². The molecular formula is C61H46N2. The lowest BCUT2D eigenvalue weighted by atomic mass is 9.77. The van der Waals surface area contributed by atoms with E-state index >= 15 is 0 Å². The largest absolute Gasteiger partial charge is 0.355 e. The number of allylic oxidation sites excluding steroid dienone is 2. The monoisotopic (exact) mass is 806 g/mol. The molecule has 0 aliphatic heterocycles. The summed E-state index contributed by atoms with van der Waals surface area (Å²) in [7, 11) is 0.